The third-order valence-corrected chi connectivity index (χ3v) is 4.38. The Morgan fingerprint density at radius 3 is 2.37 bits per heavy atom. The Bertz CT molecular complexity index is 1010. The zero-order chi connectivity index (χ0) is 19.3. The van der Waals surface area contributed by atoms with Crippen LogP contribution in [0.2, 0.25) is 0 Å². The van der Waals surface area contributed by atoms with Gasteiger partial charge in [-0.1, -0.05) is 18.2 Å². The quantitative estimate of drug-likeness (QED) is 0.655. The van der Waals surface area contributed by atoms with Crippen molar-refractivity contribution in [2.75, 3.05) is 16.3 Å². The Balaban J connectivity index is 1.52. The Hall–Kier alpha value is -3.13. The Kier molecular flexibility index (Phi) is 5.56. The molecule has 3 aromatic rings. The number of carbonyl (C=O) groups excluding carboxylic acids is 1. The molecule has 0 saturated heterocycles. The molecule has 0 atom stereocenters. The lowest BCUT2D eigenvalue weighted by molar-refractivity contribution is -0.116. The number of carbonyl (C=O) groups is 1. The molecule has 0 saturated carbocycles. The average molecular weight is 384 g/mol. The molecule has 0 aliphatic carbocycles. The van der Waals surface area contributed by atoms with Crippen LogP contribution in [0.3, 0.4) is 0 Å². The van der Waals surface area contributed by atoms with E-state index in [0.717, 1.165) is 17.5 Å². The van der Waals surface area contributed by atoms with Crippen LogP contribution in [0.25, 0.3) is 5.69 Å². The zero-order valence-corrected chi connectivity index (χ0v) is 15.6. The number of benzene rings is 2. The summed E-state index contributed by atoms with van der Waals surface area (Å²) < 4.78 is 26.5. The molecular formula is C19H20N4O3S. The van der Waals surface area contributed by atoms with E-state index in [1.54, 1.807) is 35.1 Å². The van der Waals surface area contributed by atoms with E-state index in [1.165, 1.54) is 0 Å². The molecule has 1 heterocycles. The van der Waals surface area contributed by atoms with Crippen molar-refractivity contribution in [2.45, 2.75) is 12.8 Å². The van der Waals surface area contributed by atoms with Gasteiger partial charge in [0.1, 0.15) is 0 Å². The number of amides is 1. The van der Waals surface area contributed by atoms with Gasteiger partial charge in [-0.15, -0.1) is 0 Å². The van der Waals surface area contributed by atoms with E-state index in [1.807, 2.05) is 36.5 Å². The van der Waals surface area contributed by atoms with Gasteiger partial charge in [0.15, 0.2) is 0 Å². The summed E-state index contributed by atoms with van der Waals surface area (Å²) in [7, 11) is -3.32. The number of sulfonamides is 1. The molecule has 0 aliphatic heterocycles. The second kappa shape index (κ2) is 8.05. The molecule has 3 rings (SSSR count). The van der Waals surface area contributed by atoms with Gasteiger partial charge in [0.25, 0.3) is 0 Å². The number of aromatic nitrogens is 2. The molecule has 0 aliphatic rings. The molecule has 2 N–H and O–H groups in total. The van der Waals surface area contributed by atoms with E-state index < -0.39 is 10.0 Å². The minimum absolute atomic E-state index is 0.119. The van der Waals surface area contributed by atoms with Crippen LogP contribution in [0.4, 0.5) is 11.4 Å². The van der Waals surface area contributed by atoms with E-state index in [9.17, 15) is 13.2 Å². The van der Waals surface area contributed by atoms with Gasteiger partial charge in [0, 0.05) is 24.0 Å². The molecule has 1 amide bonds. The lowest BCUT2D eigenvalue weighted by Gasteiger charge is -2.07. The molecule has 0 fully saturated rings. The van der Waals surface area contributed by atoms with Crippen LogP contribution >= 0.6 is 0 Å². The highest BCUT2D eigenvalue weighted by Gasteiger charge is 2.07. The standard InChI is InChI=1S/C19H20N4O3S/c1-27(25,26)22-17-10-8-16(9-11-17)21-19(24)12-7-15-13-20-23(14-15)18-5-3-2-4-6-18/h2-6,8-11,13-14,22H,7,12H2,1H3,(H,21,24). The normalized spacial score (nSPS) is 11.1. The fourth-order valence-electron chi connectivity index (χ4n) is 2.53. The van der Waals surface area contributed by atoms with Crippen LogP contribution in [0, 0.1) is 0 Å². The Morgan fingerprint density at radius 2 is 1.70 bits per heavy atom. The third kappa shape index (κ3) is 5.68. The first-order chi connectivity index (χ1) is 12.9. The van der Waals surface area contributed by atoms with Crippen molar-refractivity contribution < 1.29 is 13.2 Å². The average Bonchev–Trinajstić information content (AvgIpc) is 3.10. The minimum atomic E-state index is -3.32. The molecule has 140 valence electrons. The zero-order valence-electron chi connectivity index (χ0n) is 14.8. The monoisotopic (exact) mass is 384 g/mol. The molecule has 8 heteroatoms. The summed E-state index contributed by atoms with van der Waals surface area (Å²) in [5, 5.41) is 7.11. The number of nitrogens with one attached hydrogen (secondary N) is 2. The highest BCUT2D eigenvalue weighted by atomic mass is 32.2. The van der Waals surface area contributed by atoms with Crippen molar-refractivity contribution in [3.05, 3.63) is 72.6 Å². The van der Waals surface area contributed by atoms with Crippen LogP contribution in [0.5, 0.6) is 0 Å². The summed E-state index contributed by atoms with van der Waals surface area (Å²) >= 11 is 0. The van der Waals surface area contributed by atoms with Gasteiger partial charge in [-0.3, -0.25) is 9.52 Å². The van der Waals surface area contributed by atoms with E-state index in [4.69, 9.17) is 0 Å². The van der Waals surface area contributed by atoms with Crippen molar-refractivity contribution in [1.29, 1.82) is 0 Å². The molecule has 7 nitrogen and oxygen atoms in total. The molecule has 0 spiro atoms. The fourth-order valence-corrected chi connectivity index (χ4v) is 3.09. The highest BCUT2D eigenvalue weighted by molar-refractivity contribution is 7.92. The smallest absolute Gasteiger partial charge is 0.229 e. The van der Waals surface area contributed by atoms with Crippen LogP contribution in [0.1, 0.15) is 12.0 Å². The van der Waals surface area contributed by atoms with Gasteiger partial charge in [0.2, 0.25) is 15.9 Å². The summed E-state index contributed by atoms with van der Waals surface area (Å²) in [5.74, 6) is -0.119. The van der Waals surface area contributed by atoms with Gasteiger partial charge >= 0.3 is 0 Å². The van der Waals surface area contributed by atoms with Crippen molar-refractivity contribution >= 4 is 27.3 Å². The molecule has 1 aromatic heterocycles. The number of anilines is 2. The number of rotatable bonds is 7. The third-order valence-electron chi connectivity index (χ3n) is 3.77. The topological polar surface area (TPSA) is 93.1 Å². The van der Waals surface area contributed by atoms with Crippen molar-refractivity contribution in [1.82, 2.24) is 9.78 Å². The number of aryl methyl sites for hydroxylation is 1. The minimum Gasteiger partial charge on any atom is -0.326 e. The molecule has 0 radical (unpaired) electrons. The summed E-state index contributed by atoms with van der Waals surface area (Å²) in [4.78, 5) is 12.1. The summed E-state index contributed by atoms with van der Waals surface area (Å²) in [6.07, 6.45) is 5.65. The summed E-state index contributed by atoms with van der Waals surface area (Å²) in [6.45, 7) is 0. The number of para-hydroxylation sites is 1. The van der Waals surface area contributed by atoms with Gasteiger partial charge < -0.3 is 5.32 Å². The lowest BCUT2D eigenvalue weighted by Crippen LogP contribution is -2.12. The highest BCUT2D eigenvalue weighted by Crippen LogP contribution is 2.15. The van der Waals surface area contributed by atoms with Crippen molar-refractivity contribution in [3.63, 3.8) is 0 Å². The number of hydrogen-bond donors (Lipinski definition) is 2. The Labute approximate surface area is 158 Å². The van der Waals surface area contributed by atoms with E-state index in [2.05, 4.69) is 15.1 Å². The van der Waals surface area contributed by atoms with Crippen LogP contribution < -0.4 is 10.0 Å². The molecule has 0 unspecified atom stereocenters. The largest absolute Gasteiger partial charge is 0.326 e. The van der Waals surface area contributed by atoms with Gasteiger partial charge in [-0.25, -0.2) is 13.1 Å². The first-order valence-electron chi connectivity index (χ1n) is 8.36. The predicted octanol–water partition coefficient (Wildman–Crippen LogP) is 2.82. The molecule has 2 aromatic carbocycles. The van der Waals surface area contributed by atoms with E-state index in [0.29, 0.717) is 24.2 Å². The summed E-state index contributed by atoms with van der Waals surface area (Å²) in [6, 6.07) is 16.3. The van der Waals surface area contributed by atoms with Crippen molar-refractivity contribution in [3.8, 4) is 5.69 Å². The first kappa shape index (κ1) is 18.7. The second-order valence-corrected chi connectivity index (χ2v) is 7.88. The predicted molar refractivity (Wildman–Crippen MR) is 105 cm³/mol. The first-order valence-corrected chi connectivity index (χ1v) is 10.2. The van der Waals surface area contributed by atoms with E-state index in [-0.39, 0.29) is 5.91 Å². The maximum Gasteiger partial charge on any atom is 0.229 e. The van der Waals surface area contributed by atoms with Gasteiger partial charge in [-0.05, 0) is 48.4 Å². The Morgan fingerprint density at radius 1 is 1.04 bits per heavy atom. The summed E-state index contributed by atoms with van der Waals surface area (Å²) in [5.41, 5.74) is 3.00. The van der Waals surface area contributed by atoms with Gasteiger partial charge in [0.05, 0.1) is 18.1 Å². The van der Waals surface area contributed by atoms with Crippen molar-refractivity contribution in [2.24, 2.45) is 0 Å². The maximum atomic E-state index is 12.1. The molecular weight excluding hydrogens is 364 g/mol. The van der Waals surface area contributed by atoms with Crippen LogP contribution in [0.15, 0.2) is 67.0 Å². The molecule has 27 heavy (non-hydrogen) atoms. The number of hydrogen-bond acceptors (Lipinski definition) is 4. The van der Waals surface area contributed by atoms with E-state index >= 15 is 0 Å². The van der Waals surface area contributed by atoms with Gasteiger partial charge in [-0.2, -0.15) is 5.10 Å². The number of nitrogens with zero attached hydrogens (tertiary/aromatic N) is 2. The SMILES string of the molecule is CS(=O)(=O)Nc1ccc(NC(=O)CCc2cnn(-c3ccccc3)c2)cc1. The van der Waals surface area contributed by atoms with Crippen LogP contribution in [-0.2, 0) is 21.2 Å². The maximum absolute atomic E-state index is 12.1. The lowest BCUT2D eigenvalue weighted by atomic mass is 10.2. The molecule has 0 bridgehead atoms. The second-order valence-electron chi connectivity index (χ2n) is 6.13. The fraction of sp³-hybridized carbons (Fsp3) is 0.158. The van der Waals surface area contributed by atoms with Crippen LogP contribution in [-0.4, -0.2) is 30.4 Å².